The van der Waals surface area contributed by atoms with E-state index in [-0.39, 0.29) is 0 Å². The van der Waals surface area contributed by atoms with E-state index in [0.29, 0.717) is 0 Å². The summed E-state index contributed by atoms with van der Waals surface area (Å²) >= 11 is 14.7. The first-order chi connectivity index (χ1) is 18.0. The Kier molecular flexibility index (Phi) is 12.5. The molecule has 11 nitrogen and oxygen atoms in total. The van der Waals surface area contributed by atoms with Gasteiger partial charge in [0.15, 0.2) is 28.7 Å². The Bertz CT molecular complexity index is 1170. The van der Waals surface area contributed by atoms with E-state index in [1.807, 2.05) is 0 Å². The van der Waals surface area contributed by atoms with Crippen LogP contribution in [0.25, 0.3) is 0 Å². The first-order valence-electron chi connectivity index (χ1n) is 12.2. The van der Waals surface area contributed by atoms with E-state index >= 15 is 0 Å². The van der Waals surface area contributed by atoms with E-state index in [1.165, 1.54) is 0 Å². The van der Waals surface area contributed by atoms with Crippen LogP contribution in [0.15, 0.2) is 0 Å². The molecule has 0 saturated heterocycles. The van der Waals surface area contributed by atoms with Crippen LogP contribution in [-0.4, -0.2) is 111 Å². The Morgan fingerprint density at radius 2 is 0.738 bits per heavy atom. The second kappa shape index (κ2) is 12.4. The zero-order chi connectivity index (χ0) is 34.7. The van der Waals surface area contributed by atoms with Gasteiger partial charge in [0.2, 0.25) is 28.4 Å². The summed E-state index contributed by atoms with van der Waals surface area (Å²) in [5.41, 5.74) is -17.3. The molecular weight excluding hydrogens is 888 g/mol. The van der Waals surface area contributed by atoms with Crippen LogP contribution in [0.5, 0.6) is 0 Å². The maximum Gasteiger partial charge on any atom is 0.242 e. The summed E-state index contributed by atoms with van der Waals surface area (Å²) in [4.78, 5) is 83.6. The number of halogens is 5. The molecule has 242 valence electrons. The number of hydrogen-bond acceptors (Lipinski definition) is 11. The molecule has 0 aliphatic heterocycles. The first-order valence-corrected chi connectivity index (χ1v) is 16.2. The van der Waals surface area contributed by atoms with Crippen LogP contribution < -0.4 is 0 Å². The van der Waals surface area contributed by atoms with Gasteiger partial charge >= 0.3 is 0 Å². The number of hydrogen-bond donors (Lipinski definition) is 5. The molecule has 4 atom stereocenters. The fourth-order valence-electron chi connectivity index (χ4n) is 4.24. The van der Waals surface area contributed by atoms with Gasteiger partial charge < -0.3 is 25.5 Å². The predicted octanol–water partition coefficient (Wildman–Crippen LogP) is 2.19. The molecule has 0 aromatic heterocycles. The van der Waals surface area contributed by atoms with Crippen molar-refractivity contribution in [2.45, 2.75) is 113 Å². The molecule has 0 aliphatic carbocycles. The molecule has 0 saturated carbocycles. The largest absolute Gasteiger partial charge is 0.393 e. The molecule has 0 fully saturated rings. The molecule has 0 amide bonds. The van der Waals surface area contributed by atoms with Gasteiger partial charge in [-0.05, 0) is 69.2 Å². The van der Waals surface area contributed by atoms with E-state index in [4.69, 9.17) is 0 Å². The molecule has 0 radical (unpaired) electrons. The molecule has 0 unspecified atom stereocenters. The molecule has 5 N–H and O–H groups in total. The maximum absolute atomic E-state index is 14.3. The van der Waals surface area contributed by atoms with Gasteiger partial charge in [-0.25, -0.2) is 0 Å². The zero-order valence-corrected chi connectivity index (χ0v) is 32.7. The summed E-state index contributed by atoms with van der Waals surface area (Å²) in [6.07, 6.45) is 0. The highest BCUT2D eigenvalue weighted by atomic mass is 79.9. The molecule has 0 aliphatic rings. The number of carbonyl (C=O) groups excluding carboxylic acids is 6. The third-order valence-electron chi connectivity index (χ3n) is 6.47. The summed E-state index contributed by atoms with van der Waals surface area (Å²) in [5.74, 6) is -10.9. The molecule has 0 aromatic carbocycles. The van der Waals surface area contributed by atoms with Crippen molar-refractivity contribution in [2.75, 3.05) is 6.61 Å². The van der Waals surface area contributed by atoms with E-state index in [2.05, 4.69) is 79.6 Å². The average molecular weight is 925 g/mol. The number of aliphatic hydroxyl groups excluding tert-OH is 1. The average Bonchev–Trinajstić information content (AvgIpc) is 2.80. The second-order valence-corrected chi connectivity index (χ2v) is 22.4. The molecule has 0 aromatic rings. The summed E-state index contributed by atoms with van der Waals surface area (Å²) in [6, 6.07) is 0. The van der Waals surface area contributed by atoms with Crippen molar-refractivity contribution in [3.8, 4) is 0 Å². The lowest BCUT2D eigenvalue weighted by Crippen LogP contribution is -2.90. The minimum atomic E-state index is -4.56. The number of aliphatic hydroxyl groups is 5. The molecule has 0 bridgehead atoms. The van der Waals surface area contributed by atoms with Crippen molar-refractivity contribution in [2.24, 2.45) is 0 Å². The fraction of sp³-hybridized carbons (Fsp3) is 0.769. The Hall–Kier alpha value is 0.220. The predicted molar refractivity (Wildman–Crippen MR) is 172 cm³/mol. The summed E-state index contributed by atoms with van der Waals surface area (Å²) in [7, 11) is 0. The lowest BCUT2D eigenvalue weighted by atomic mass is 9.53. The van der Waals surface area contributed by atoms with Gasteiger partial charge in [0.05, 0.1) is 28.2 Å². The lowest BCUT2D eigenvalue weighted by molar-refractivity contribution is -0.268. The lowest BCUT2D eigenvalue weighted by Gasteiger charge is -2.56. The Balaban J connectivity index is 9.16. The normalized spacial score (nSPS) is 19.4. The molecule has 16 heteroatoms. The summed E-state index contributed by atoms with van der Waals surface area (Å²) in [5, 5.41) is 59.7. The van der Waals surface area contributed by atoms with Crippen molar-refractivity contribution in [1.82, 2.24) is 0 Å². The van der Waals surface area contributed by atoms with Crippen LogP contribution >= 0.6 is 79.6 Å². The van der Waals surface area contributed by atoms with Gasteiger partial charge in [0.1, 0.15) is 0 Å². The molecular formula is C26H37Br5O11. The summed E-state index contributed by atoms with van der Waals surface area (Å²) in [6.45, 7) is 8.90. The third kappa shape index (κ3) is 6.97. The van der Waals surface area contributed by atoms with E-state index in [1.54, 1.807) is 0 Å². The van der Waals surface area contributed by atoms with Crippen molar-refractivity contribution in [3.63, 3.8) is 0 Å². The van der Waals surface area contributed by atoms with E-state index in [9.17, 15) is 54.3 Å². The minimum absolute atomic E-state index is 1.03. The highest BCUT2D eigenvalue weighted by Crippen LogP contribution is 2.51. The molecule has 42 heavy (non-hydrogen) atoms. The standard InChI is InChI=1S/C26H37Br5O11/c1-18(2,27)12(33)13(34)24(40,15(36)20(5,6)29)26(42,17(38)22(9,10)31)25(41,16(37)21(7,8)30)23(39,11-32)14(35)19(3,4)28/h32,39-42H,11H2,1-10H3/t23-,24+,25+,26+/m0/s1. The number of carbonyl (C=O) groups is 6. The van der Waals surface area contributed by atoms with Crippen molar-refractivity contribution < 1.29 is 54.3 Å². The van der Waals surface area contributed by atoms with Crippen molar-refractivity contribution in [3.05, 3.63) is 0 Å². The second-order valence-electron chi connectivity index (χ2n) is 12.5. The zero-order valence-electron chi connectivity index (χ0n) is 24.8. The quantitative estimate of drug-likeness (QED) is 0.0916. The van der Waals surface area contributed by atoms with Crippen molar-refractivity contribution in [1.29, 1.82) is 0 Å². The first kappa shape index (κ1) is 42.2. The highest BCUT2D eigenvalue weighted by molar-refractivity contribution is 9.11. The maximum atomic E-state index is 14.3. The number of alkyl halides is 5. The fourth-order valence-corrected chi connectivity index (χ4v) is 5.61. The highest BCUT2D eigenvalue weighted by Gasteiger charge is 2.84. The van der Waals surface area contributed by atoms with Crippen LogP contribution in [0.3, 0.4) is 0 Å². The Labute approximate surface area is 286 Å². The van der Waals surface area contributed by atoms with Gasteiger partial charge in [0, 0.05) is 0 Å². The van der Waals surface area contributed by atoms with Crippen LogP contribution in [0.1, 0.15) is 69.2 Å². The minimum Gasteiger partial charge on any atom is -0.393 e. The molecule has 0 heterocycles. The van der Waals surface area contributed by atoms with Gasteiger partial charge in [-0.1, -0.05) is 79.6 Å². The van der Waals surface area contributed by atoms with E-state index in [0.717, 1.165) is 69.2 Å². The topological polar surface area (TPSA) is 204 Å². The monoisotopic (exact) mass is 920 g/mol. The number of ketones is 6. The van der Waals surface area contributed by atoms with Crippen molar-refractivity contribution >= 4 is 114 Å². The molecule has 0 spiro atoms. The van der Waals surface area contributed by atoms with Gasteiger partial charge in [-0.3, -0.25) is 28.8 Å². The van der Waals surface area contributed by atoms with Crippen LogP contribution in [-0.2, 0) is 28.8 Å². The SMILES string of the molecule is CC(C)(Br)C(=O)C(=O)[C@@](O)(C(=O)C(C)(C)Br)[C@](O)(C(=O)C(C)(C)Br)[C@@](O)(C(=O)C(C)(C)Br)[C@](O)(CO)C(=O)C(C)(C)Br. The number of Topliss-reactive ketones (excluding diaryl/α,β-unsaturated/α-hetero) is 6. The smallest absolute Gasteiger partial charge is 0.242 e. The van der Waals surface area contributed by atoms with Crippen LogP contribution in [0.4, 0.5) is 0 Å². The number of rotatable bonds is 15. The third-order valence-corrected chi connectivity index (χ3v) is 8.27. The van der Waals surface area contributed by atoms with Gasteiger partial charge in [0.25, 0.3) is 0 Å². The Morgan fingerprint density at radius 1 is 0.452 bits per heavy atom. The van der Waals surface area contributed by atoms with Gasteiger partial charge in [-0.2, -0.15) is 0 Å². The summed E-state index contributed by atoms with van der Waals surface area (Å²) < 4.78 is -10.1. The molecule has 0 rings (SSSR count). The van der Waals surface area contributed by atoms with Crippen LogP contribution in [0, 0.1) is 0 Å². The van der Waals surface area contributed by atoms with E-state index < -0.39 is 85.3 Å². The van der Waals surface area contributed by atoms with Crippen LogP contribution in [0.2, 0.25) is 0 Å². The van der Waals surface area contributed by atoms with Gasteiger partial charge in [-0.15, -0.1) is 0 Å². The Morgan fingerprint density at radius 3 is 0.976 bits per heavy atom.